The molecule has 3 heterocycles. The summed E-state index contributed by atoms with van der Waals surface area (Å²) in [5, 5.41) is 72.8. The van der Waals surface area contributed by atoms with Crippen LogP contribution < -0.4 is 9.47 Å². The average molecular weight is 792 g/mol. The highest BCUT2D eigenvalue weighted by Gasteiger charge is 2.21. The minimum atomic E-state index is -0.361. The number of phenols is 4. The molecule has 3 aromatic heterocycles. The van der Waals surface area contributed by atoms with E-state index in [0.29, 0.717) is 61.6 Å². The number of benzene rings is 6. The molecule has 0 fully saturated rings. The summed E-state index contributed by atoms with van der Waals surface area (Å²) < 4.78 is 12.8. The van der Waals surface area contributed by atoms with E-state index in [2.05, 4.69) is 45.6 Å². The molecule has 15 heteroatoms. The lowest BCUT2D eigenvalue weighted by Crippen LogP contribution is -1.90. The number of hydrogen-bond acceptors (Lipinski definition) is 15. The van der Waals surface area contributed by atoms with Crippen molar-refractivity contribution >= 4 is 66.8 Å². The fraction of sp³-hybridized carbons (Fsp3) is 0. The number of rotatable bonds is 10. The largest absolute Gasteiger partial charge is 0.508 e. The summed E-state index contributed by atoms with van der Waals surface area (Å²) in [4.78, 5) is 12.7. The first kappa shape index (κ1) is 36.8. The molecule has 4 N–H and O–H groups in total. The summed E-state index contributed by atoms with van der Waals surface area (Å²) in [6.07, 6.45) is 4.76. The van der Waals surface area contributed by atoms with Crippen LogP contribution in [0.4, 0.5) is 34.5 Å². The Morgan fingerprint density at radius 1 is 0.417 bits per heavy atom. The van der Waals surface area contributed by atoms with E-state index in [-0.39, 0.29) is 51.3 Å². The van der Waals surface area contributed by atoms with Crippen molar-refractivity contribution in [3.05, 3.63) is 152 Å². The van der Waals surface area contributed by atoms with Crippen molar-refractivity contribution in [3.8, 4) is 46.0 Å². The number of aromatic nitrogens is 3. The third-order valence-electron chi connectivity index (χ3n) is 9.19. The lowest BCUT2D eigenvalue weighted by molar-refractivity contribution is 0.413. The molecule has 290 valence electrons. The van der Waals surface area contributed by atoms with E-state index in [1.807, 2.05) is 0 Å². The Kier molecular flexibility index (Phi) is 9.77. The minimum absolute atomic E-state index is 0.0126. The van der Waals surface area contributed by atoms with Crippen molar-refractivity contribution < 1.29 is 29.9 Å². The Hall–Kier alpha value is -8.85. The first-order valence-electron chi connectivity index (χ1n) is 18.2. The van der Waals surface area contributed by atoms with E-state index in [1.165, 1.54) is 24.3 Å². The summed E-state index contributed by atoms with van der Waals surface area (Å²) in [7, 11) is 0. The van der Waals surface area contributed by atoms with Crippen molar-refractivity contribution in [2.75, 3.05) is 0 Å². The maximum absolute atomic E-state index is 11.7. The van der Waals surface area contributed by atoms with Gasteiger partial charge >= 0.3 is 0 Å². The second-order valence-corrected chi connectivity index (χ2v) is 13.1. The molecule has 0 atom stereocenters. The van der Waals surface area contributed by atoms with Crippen LogP contribution in [0.2, 0.25) is 0 Å². The number of hydrogen-bond donors (Lipinski definition) is 4. The summed E-state index contributed by atoms with van der Waals surface area (Å²) >= 11 is 0. The monoisotopic (exact) mass is 791 g/mol. The molecular weight excluding hydrogens is 763 g/mol. The zero-order valence-corrected chi connectivity index (χ0v) is 31.1. The molecule has 0 aliphatic rings. The summed E-state index contributed by atoms with van der Waals surface area (Å²) in [5.74, 6) is 1.11. The van der Waals surface area contributed by atoms with Crippen molar-refractivity contribution in [1.82, 2.24) is 15.0 Å². The van der Waals surface area contributed by atoms with Crippen LogP contribution in [0, 0.1) is 0 Å². The second-order valence-electron chi connectivity index (χ2n) is 13.1. The van der Waals surface area contributed by atoms with Gasteiger partial charge in [-0.3, -0.25) is 0 Å². The number of azo groups is 3. The highest BCUT2D eigenvalue weighted by atomic mass is 16.5. The molecule has 0 aliphatic heterocycles. The third kappa shape index (κ3) is 7.51. The van der Waals surface area contributed by atoms with Crippen LogP contribution in [0.3, 0.4) is 0 Å². The van der Waals surface area contributed by atoms with Crippen LogP contribution in [0.5, 0.6) is 46.0 Å². The SMILES string of the molecule is Oc1ccc2c(N=Nc3ccccn3)c(Oc3ccc4c(O)cc(Oc5ccc6c(O)ccc(N=Nc7ccccn7)c6c5O)c(N=Nc5ccccn5)c4c3)ccc2c1. The Morgan fingerprint density at radius 3 is 1.70 bits per heavy atom. The van der Waals surface area contributed by atoms with E-state index < -0.39 is 0 Å². The average Bonchev–Trinajstić information content (AvgIpc) is 3.27. The molecule has 0 unspecified atom stereocenters. The molecule has 0 radical (unpaired) electrons. The van der Waals surface area contributed by atoms with Gasteiger partial charge < -0.3 is 29.9 Å². The fourth-order valence-corrected chi connectivity index (χ4v) is 6.39. The second kappa shape index (κ2) is 16.0. The first-order chi connectivity index (χ1) is 29.4. The molecule has 9 aromatic rings. The number of phenolic OH excluding ortho intramolecular Hbond substituents is 4. The molecule has 0 saturated carbocycles. The summed E-state index contributed by atoms with van der Waals surface area (Å²) in [5.41, 5.74) is 0.775. The molecule has 6 aromatic carbocycles. The zero-order chi connectivity index (χ0) is 41.0. The zero-order valence-electron chi connectivity index (χ0n) is 31.1. The van der Waals surface area contributed by atoms with Gasteiger partial charge in [-0.05, 0) is 109 Å². The van der Waals surface area contributed by atoms with Crippen LogP contribution in [-0.4, -0.2) is 35.4 Å². The van der Waals surface area contributed by atoms with Gasteiger partial charge in [-0.15, -0.1) is 30.7 Å². The van der Waals surface area contributed by atoms with Crippen LogP contribution in [0.25, 0.3) is 32.3 Å². The number of nitrogens with zero attached hydrogens (tertiary/aromatic N) is 9. The molecule has 0 amide bonds. The number of ether oxygens (including phenoxy) is 2. The standard InChI is InChI=1S/C45H29N9O6/c55-27-11-13-29-26(23-27)10-18-36(43(29)53-51-40-8-2-5-21-47-40)59-28-12-14-30-32(24-28)44(54-52-41-9-3-6-22-48-41)38(25-35(30)57)60-37-19-15-31-34(56)17-16-33(42(31)45(37)58)49-50-39-7-1-4-20-46-39/h1-25,55-58H. The first-order valence-corrected chi connectivity index (χ1v) is 18.2. The Balaban J connectivity index is 1.16. The van der Waals surface area contributed by atoms with E-state index >= 15 is 0 Å². The van der Waals surface area contributed by atoms with Crippen LogP contribution in [0.15, 0.2) is 183 Å². The third-order valence-corrected chi connectivity index (χ3v) is 9.19. The van der Waals surface area contributed by atoms with E-state index in [1.54, 1.807) is 128 Å². The highest BCUT2D eigenvalue weighted by molar-refractivity contribution is 6.03. The predicted octanol–water partition coefficient (Wildman–Crippen LogP) is 13.0. The lowest BCUT2D eigenvalue weighted by atomic mass is 10.1. The van der Waals surface area contributed by atoms with Gasteiger partial charge in [0.1, 0.15) is 34.4 Å². The normalized spacial score (nSPS) is 11.7. The molecule has 60 heavy (non-hydrogen) atoms. The summed E-state index contributed by atoms with van der Waals surface area (Å²) in [6.45, 7) is 0. The lowest BCUT2D eigenvalue weighted by Gasteiger charge is -2.16. The van der Waals surface area contributed by atoms with Gasteiger partial charge in [0.05, 0.1) is 11.1 Å². The quantitative estimate of drug-likeness (QED) is 0.0968. The summed E-state index contributed by atoms with van der Waals surface area (Å²) in [6, 6.07) is 36.4. The predicted molar refractivity (Wildman–Crippen MR) is 224 cm³/mol. The van der Waals surface area contributed by atoms with Gasteiger partial charge in [0, 0.05) is 46.2 Å². The van der Waals surface area contributed by atoms with Crippen molar-refractivity contribution in [2.45, 2.75) is 0 Å². The topological polar surface area (TPSA) is 212 Å². The number of pyridine rings is 3. The number of fused-ring (bicyclic) bond motifs is 3. The molecular formula is C45H29N9O6. The van der Waals surface area contributed by atoms with Crippen LogP contribution >= 0.6 is 0 Å². The Bertz CT molecular complexity index is 3150. The Labute approximate surface area is 339 Å². The molecule has 0 aliphatic carbocycles. The van der Waals surface area contributed by atoms with E-state index in [0.717, 1.165) is 0 Å². The van der Waals surface area contributed by atoms with Crippen LogP contribution in [0.1, 0.15) is 0 Å². The Morgan fingerprint density at radius 2 is 1.03 bits per heavy atom. The van der Waals surface area contributed by atoms with Crippen molar-refractivity contribution in [2.24, 2.45) is 30.7 Å². The minimum Gasteiger partial charge on any atom is -0.508 e. The molecule has 15 nitrogen and oxygen atoms in total. The van der Waals surface area contributed by atoms with Gasteiger partial charge in [-0.25, -0.2) is 15.0 Å². The maximum Gasteiger partial charge on any atom is 0.174 e. The van der Waals surface area contributed by atoms with Gasteiger partial charge in [-0.2, -0.15) is 0 Å². The number of aromatic hydroxyl groups is 4. The van der Waals surface area contributed by atoms with E-state index in [9.17, 15) is 20.4 Å². The molecule has 0 bridgehead atoms. The van der Waals surface area contributed by atoms with Crippen LogP contribution in [-0.2, 0) is 0 Å². The van der Waals surface area contributed by atoms with E-state index in [4.69, 9.17) is 9.47 Å². The van der Waals surface area contributed by atoms with Gasteiger partial charge in [0.25, 0.3) is 0 Å². The molecule has 0 spiro atoms. The smallest absolute Gasteiger partial charge is 0.174 e. The highest BCUT2D eigenvalue weighted by Crippen LogP contribution is 2.50. The van der Waals surface area contributed by atoms with Crippen molar-refractivity contribution in [3.63, 3.8) is 0 Å². The maximum atomic E-state index is 11.7. The molecule has 0 saturated heterocycles. The fourth-order valence-electron chi connectivity index (χ4n) is 6.39. The van der Waals surface area contributed by atoms with Crippen molar-refractivity contribution in [1.29, 1.82) is 0 Å². The van der Waals surface area contributed by atoms with Gasteiger partial charge in [0.2, 0.25) is 0 Å². The van der Waals surface area contributed by atoms with Gasteiger partial charge in [-0.1, -0.05) is 24.3 Å². The van der Waals surface area contributed by atoms with Gasteiger partial charge in [0.15, 0.2) is 40.5 Å². The molecule has 9 rings (SSSR count).